The van der Waals surface area contributed by atoms with E-state index in [0.717, 1.165) is 0 Å². The van der Waals surface area contributed by atoms with Gasteiger partial charge in [0.05, 0.1) is 130 Å². The number of hydrogen-bond acceptors (Lipinski definition) is 15. The molecule has 2 fully saturated rings. The molecule has 4 rings (SSSR count). The number of phenolic OH excluding ortho intramolecular Hbond substituents is 2. The van der Waals surface area contributed by atoms with E-state index in [0.29, 0.717) is 155 Å². The van der Waals surface area contributed by atoms with Crippen LogP contribution in [0.3, 0.4) is 0 Å². The fourth-order valence-electron chi connectivity index (χ4n) is 5.22. The molecule has 0 amide bonds. The fraction of sp³-hybridized carbons (Fsp3) is 0.667. The van der Waals surface area contributed by atoms with Crippen molar-refractivity contribution in [2.45, 2.75) is 0 Å². The summed E-state index contributed by atoms with van der Waals surface area (Å²) >= 11 is 0. The largest absolute Gasteiger partial charge is 0.503 e. The number of hydrogen-bond donors (Lipinski definition) is 2. The number of nitrogens with zero attached hydrogens (tertiary/aromatic N) is 2. The Labute approximate surface area is 301 Å². The van der Waals surface area contributed by atoms with Crippen LogP contribution in [0.5, 0.6) is 23.0 Å². The lowest BCUT2D eigenvalue weighted by molar-refractivity contribution is 0.00206. The van der Waals surface area contributed by atoms with E-state index in [9.17, 15) is 10.2 Å². The van der Waals surface area contributed by atoms with Gasteiger partial charge in [-0.2, -0.15) is 0 Å². The lowest BCUT2D eigenvalue weighted by atomic mass is 10.2. The van der Waals surface area contributed by atoms with Gasteiger partial charge in [-0.05, 0) is 24.3 Å². The summed E-state index contributed by atoms with van der Waals surface area (Å²) in [5, 5.41) is 22.1. The van der Waals surface area contributed by atoms with Gasteiger partial charge in [0.25, 0.3) is 0 Å². The maximum absolute atomic E-state index is 11.1. The predicted molar refractivity (Wildman–Crippen MR) is 189 cm³/mol. The molecule has 15 nitrogen and oxygen atoms in total. The van der Waals surface area contributed by atoms with Gasteiger partial charge >= 0.3 is 0 Å². The van der Waals surface area contributed by atoms with E-state index >= 15 is 0 Å². The van der Waals surface area contributed by atoms with Gasteiger partial charge in [0.2, 0.25) is 0 Å². The Morgan fingerprint density at radius 1 is 0.412 bits per heavy atom. The van der Waals surface area contributed by atoms with Gasteiger partial charge in [0.15, 0.2) is 23.0 Å². The zero-order chi connectivity index (χ0) is 35.6. The monoisotopic (exact) mass is 724 g/mol. The molecule has 0 radical (unpaired) electrons. The zero-order valence-electron chi connectivity index (χ0n) is 29.7. The molecule has 2 aliphatic heterocycles. The van der Waals surface area contributed by atoms with Gasteiger partial charge < -0.3 is 72.1 Å². The Balaban J connectivity index is 1.20. The molecular formula is C36H56N2O13. The number of aromatic hydroxyl groups is 2. The number of ether oxygens (including phenoxy) is 11. The second-order valence-corrected chi connectivity index (χ2v) is 11.4. The minimum atomic E-state index is 0.0422. The quantitative estimate of drug-likeness (QED) is 0.345. The molecule has 0 bridgehead atoms. The van der Waals surface area contributed by atoms with E-state index in [1.54, 1.807) is 12.1 Å². The summed E-state index contributed by atoms with van der Waals surface area (Å²) in [7, 11) is 0. The highest BCUT2D eigenvalue weighted by molar-refractivity contribution is 5.64. The van der Waals surface area contributed by atoms with Crippen molar-refractivity contribution in [2.24, 2.45) is 0 Å². The lowest BCUT2D eigenvalue weighted by Gasteiger charge is -2.26. The second kappa shape index (κ2) is 25.8. The SMILES string of the molecule is Oc1c(OCCOCCOc2cccc(N3CCOCCOCCOCCOCC3)c2O)cccc1N1CCOCCOCCOCCOCC1. The highest BCUT2D eigenvalue weighted by Gasteiger charge is 2.17. The van der Waals surface area contributed by atoms with Crippen LogP contribution in [0, 0.1) is 0 Å². The summed E-state index contributed by atoms with van der Waals surface area (Å²) in [6.07, 6.45) is 0. The average molecular weight is 725 g/mol. The average Bonchev–Trinajstić information content (AvgIpc) is 3.16. The Morgan fingerprint density at radius 3 is 1.02 bits per heavy atom. The number of para-hydroxylation sites is 2. The minimum Gasteiger partial charge on any atom is -0.503 e. The lowest BCUT2D eigenvalue weighted by Crippen LogP contribution is -2.31. The van der Waals surface area contributed by atoms with E-state index < -0.39 is 0 Å². The number of phenols is 2. The summed E-state index contributed by atoms with van der Waals surface area (Å²) in [6.45, 7) is 11.1. The number of anilines is 2. The van der Waals surface area contributed by atoms with Crippen molar-refractivity contribution in [3.05, 3.63) is 36.4 Å². The van der Waals surface area contributed by atoms with E-state index in [1.807, 2.05) is 34.1 Å². The summed E-state index contributed by atoms with van der Waals surface area (Å²) in [4.78, 5) is 4.02. The highest BCUT2D eigenvalue weighted by Crippen LogP contribution is 2.37. The third kappa shape index (κ3) is 16.0. The first-order valence-corrected chi connectivity index (χ1v) is 17.8. The van der Waals surface area contributed by atoms with Gasteiger partial charge in [-0.25, -0.2) is 0 Å². The first-order valence-electron chi connectivity index (χ1n) is 17.8. The molecule has 0 atom stereocenters. The molecule has 2 N–H and O–H groups in total. The molecule has 2 aromatic carbocycles. The highest BCUT2D eigenvalue weighted by atomic mass is 16.6. The first kappa shape index (κ1) is 40.6. The molecule has 2 saturated heterocycles. The minimum absolute atomic E-state index is 0.0422. The molecule has 2 heterocycles. The summed E-state index contributed by atoms with van der Waals surface area (Å²) < 4.78 is 62.4. The van der Waals surface area contributed by atoms with Crippen LogP contribution in [0.15, 0.2) is 36.4 Å². The summed E-state index contributed by atoms with van der Waals surface area (Å²) in [5.41, 5.74) is 1.26. The van der Waals surface area contributed by atoms with Crippen molar-refractivity contribution < 1.29 is 62.3 Å². The maximum Gasteiger partial charge on any atom is 0.181 e. The standard InChI is InChI=1S/C36H56N2O13/c39-35-31(37-7-11-41-15-19-45-23-24-46-20-16-42-12-8-37)3-1-5-33(35)50-29-27-49-28-30-51-34-6-2-4-32(36(34)40)38-9-13-43-17-21-47-25-26-48-22-18-44-14-10-38/h1-6,39-40H,7-30H2. The summed E-state index contributed by atoms with van der Waals surface area (Å²) in [5.74, 6) is 0.796. The molecule has 0 saturated carbocycles. The van der Waals surface area contributed by atoms with Crippen LogP contribution < -0.4 is 19.3 Å². The maximum atomic E-state index is 11.1. The zero-order valence-corrected chi connectivity index (χ0v) is 29.7. The molecule has 288 valence electrons. The molecule has 15 heteroatoms. The van der Waals surface area contributed by atoms with Gasteiger partial charge in [-0.3, -0.25) is 0 Å². The van der Waals surface area contributed by atoms with E-state index in [2.05, 4.69) is 0 Å². The molecule has 51 heavy (non-hydrogen) atoms. The Morgan fingerprint density at radius 2 is 0.706 bits per heavy atom. The van der Waals surface area contributed by atoms with Crippen molar-refractivity contribution in [1.82, 2.24) is 0 Å². The molecular weight excluding hydrogens is 668 g/mol. The smallest absolute Gasteiger partial charge is 0.181 e. The second-order valence-electron chi connectivity index (χ2n) is 11.4. The van der Waals surface area contributed by atoms with Crippen LogP contribution >= 0.6 is 0 Å². The molecule has 0 aromatic heterocycles. The van der Waals surface area contributed by atoms with Crippen molar-refractivity contribution in [1.29, 1.82) is 0 Å². The Bertz CT molecular complexity index is 1070. The van der Waals surface area contributed by atoms with Crippen LogP contribution in [0.4, 0.5) is 11.4 Å². The third-order valence-electron chi connectivity index (χ3n) is 7.86. The van der Waals surface area contributed by atoms with E-state index in [4.69, 9.17) is 52.1 Å². The first-order chi connectivity index (χ1) is 25.2. The van der Waals surface area contributed by atoms with E-state index in [-0.39, 0.29) is 37.9 Å². The van der Waals surface area contributed by atoms with Crippen LogP contribution in [-0.2, 0) is 42.6 Å². The normalized spacial score (nSPS) is 19.2. The van der Waals surface area contributed by atoms with Gasteiger partial charge in [-0.1, -0.05) is 12.1 Å². The van der Waals surface area contributed by atoms with Crippen molar-refractivity contribution >= 4 is 11.4 Å². The van der Waals surface area contributed by atoms with Crippen LogP contribution in [0.1, 0.15) is 0 Å². The molecule has 0 aliphatic carbocycles. The molecule has 0 spiro atoms. The van der Waals surface area contributed by atoms with Crippen molar-refractivity contribution in [3.63, 3.8) is 0 Å². The van der Waals surface area contributed by atoms with Gasteiger partial charge in [-0.15, -0.1) is 0 Å². The van der Waals surface area contributed by atoms with Gasteiger partial charge in [0.1, 0.15) is 13.2 Å². The Kier molecular flexibility index (Phi) is 20.5. The van der Waals surface area contributed by atoms with Crippen LogP contribution in [-0.4, -0.2) is 169 Å². The van der Waals surface area contributed by atoms with Crippen LogP contribution in [0.25, 0.3) is 0 Å². The molecule has 2 aromatic rings. The summed E-state index contributed by atoms with van der Waals surface area (Å²) in [6, 6.07) is 10.8. The van der Waals surface area contributed by atoms with Crippen LogP contribution in [0.2, 0.25) is 0 Å². The predicted octanol–water partition coefficient (Wildman–Crippen LogP) is 2.35. The Hall–Kier alpha value is -3.12. The van der Waals surface area contributed by atoms with Gasteiger partial charge in [0, 0.05) is 26.2 Å². The van der Waals surface area contributed by atoms with E-state index in [1.165, 1.54) is 0 Å². The molecule has 2 aliphatic rings. The number of benzene rings is 2. The number of rotatable bonds is 10. The van der Waals surface area contributed by atoms with Crippen molar-refractivity contribution in [3.8, 4) is 23.0 Å². The van der Waals surface area contributed by atoms with Crippen molar-refractivity contribution in [2.75, 3.05) is 168 Å². The fourth-order valence-corrected chi connectivity index (χ4v) is 5.22. The third-order valence-corrected chi connectivity index (χ3v) is 7.86. The topological polar surface area (TPSA) is 148 Å². The molecule has 0 unspecified atom stereocenters.